The van der Waals surface area contributed by atoms with Gasteiger partial charge in [0.1, 0.15) is 11.9 Å². The molecule has 1 aliphatic rings. The average Bonchev–Trinajstić information content (AvgIpc) is 2.89. The summed E-state index contributed by atoms with van der Waals surface area (Å²) in [6.45, 7) is 0.209. The number of carboxylic acid groups (broad SMARTS) is 1. The Hall–Kier alpha value is -2.44. The van der Waals surface area contributed by atoms with E-state index in [4.69, 9.17) is 5.11 Å². The molecule has 1 aromatic rings. The average molecular weight is 280 g/mol. The molecule has 0 spiro atoms. The van der Waals surface area contributed by atoms with Gasteiger partial charge in [-0.05, 0) is 25.0 Å². The van der Waals surface area contributed by atoms with Crippen molar-refractivity contribution in [1.82, 2.24) is 4.90 Å². The number of hydrogen-bond acceptors (Lipinski definition) is 3. The molecule has 0 radical (unpaired) electrons. The fraction of sp³-hybridized carbons (Fsp3) is 0.308. The van der Waals surface area contributed by atoms with E-state index in [1.165, 1.54) is 18.2 Å². The first-order chi connectivity index (χ1) is 9.50. The van der Waals surface area contributed by atoms with Crippen LogP contribution in [-0.2, 0) is 14.4 Å². The Morgan fingerprint density at radius 1 is 1.30 bits per heavy atom. The van der Waals surface area contributed by atoms with Gasteiger partial charge in [-0.3, -0.25) is 9.59 Å². The number of hydrogen-bond donors (Lipinski definition) is 2. The Balaban J connectivity index is 2.08. The summed E-state index contributed by atoms with van der Waals surface area (Å²) in [5, 5.41) is 11.1. The van der Waals surface area contributed by atoms with Crippen molar-refractivity contribution in [3.63, 3.8) is 0 Å². The molecule has 2 N–H and O–H groups in total. The van der Waals surface area contributed by atoms with Crippen LogP contribution >= 0.6 is 0 Å². The number of carbonyl (C=O) groups excluding carboxylic acids is 2. The zero-order valence-electron chi connectivity index (χ0n) is 10.5. The molecule has 2 amide bonds. The maximum Gasteiger partial charge on any atom is 0.326 e. The molecule has 1 atom stereocenters. The molecule has 0 bridgehead atoms. The van der Waals surface area contributed by atoms with Crippen LogP contribution in [0, 0.1) is 5.82 Å². The third kappa shape index (κ3) is 2.76. The van der Waals surface area contributed by atoms with Crippen molar-refractivity contribution in [3.05, 3.63) is 30.1 Å². The van der Waals surface area contributed by atoms with Crippen LogP contribution in [0.3, 0.4) is 0 Å². The number of benzene rings is 1. The lowest BCUT2D eigenvalue weighted by atomic mass is 10.2. The van der Waals surface area contributed by atoms with Gasteiger partial charge in [0.2, 0.25) is 0 Å². The number of aliphatic carboxylic acids is 1. The van der Waals surface area contributed by atoms with E-state index in [0.717, 1.165) is 11.0 Å². The van der Waals surface area contributed by atoms with Crippen LogP contribution in [0.4, 0.5) is 10.1 Å². The fourth-order valence-corrected chi connectivity index (χ4v) is 2.14. The van der Waals surface area contributed by atoms with Crippen LogP contribution in [0.15, 0.2) is 24.3 Å². The Labute approximate surface area is 114 Å². The summed E-state index contributed by atoms with van der Waals surface area (Å²) in [5.74, 6) is -3.80. The summed E-state index contributed by atoms with van der Waals surface area (Å²) in [7, 11) is 0. The van der Waals surface area contributed by atoms with Gasteiger partial charge in [-0.1, -0.05) is 12.1 Å². The molecule has 1 saturated heterocycles. The van der Waals surface area contributed by atoms with Crippen LogP contribution in [0.1, 0.15) is 12.8 Å². The smallest absolute Gasteiger partial charge is 0.326 e. The number of nitrogens with one attached hydrogen (secondary N) is 1. The van der Waals surface area contributed by atoms with Crippen LogP contribution in [0.2, 0.25) is 0 Å². The zero-order chi connectivity index (χ0) is 14.7. The highest BCUT2D eigenvalue weighted by molar-refractivity contribution is 6.39. The monoisotopic (exact) mass is 280 g/mol. The van der Waals surface area contributed by atoms with E-state index in [9.17, 15) is 18.8 Å². The van der Waals surface area contributed by atoms with Crippen molar-refractivity contribution in [2.45, 2.75) is 18.9 Å². The van der Waals surface area contributed by atoms with Gasteiger partial charge in [-0.2, -0.15) is 0 Å². The van der Waals surface area contributed by atoms with Crippen molar-refractivity contribution < 1.29 is 23.9 Å². The third-order valence-electron chi connectivity index (χ3n) is 3.12. The number of amides is 2. The molecule has 1 fully saturated rings. The summed E-state index contributed by atoms with van der Waals surface area (Å²) in [4.78, 5) is 35.6. The maximum atomic E-state index is 13.4. The predicted octanol–water partition coefficient (Wildman–Crippen LogP) is 0.840. The van der Waals surface area contributed by atoms with E-state index in [2.05, 4.69) is 5.32 Å². The molecule has 7 heteroatoms. The number of para-hydroxylation sites is 1. The predicted molar refractivity (Wildman–Crippen MR) is 67.4 cm³/mol. The first kappa shape index (κ1) is 14.0. The van der Waals surface area contributed by atoms with Crippen molar-refractivity contribution in [1.29, 1.82) is 0 Å². The standard InChI is InChI=1S/C13H13FN2O4/c14-8-4-1-2-5-9(8)15-11(17)12(18)16-7-3-6-10(16)13(19)20/h1-2,4-5,10H,3,6-7H2,(H,15,17)(H,19,20). The second kappa shape index (κ2) is 5.68. The highest BCUT2D eigenvalue weighted by Gasteiger charge is 2.36. The van der Waals surface area contributed by atoms with Crippen molar-refractivity contribution >= 4 is 23.5 Å². The lowest BCUT2D eigenvalue weighted by Crippen LogP contribution is -2.45. The summed E-state index contributed by atoms with van der Waals surface area (Å²) in [6, 6.07) is 4.44. The minimum absolute atomic E-state index is 0.114. The van der Waals surface area contributed by atoms with Crippen LogP contribution < -0.4 is 5.32 Å². The minimum atomic E-state index is -1.14. The molecule has 0 aliphatic carbocycles. The highest BCUT2D eigenvalue weighted by atomic mass is 19.1. The Kier molecular flexibility index (Phi) is 3.97. The maximum absolute atomic E-state index is 13.4. The number of nitrogens with zero attached hydrogens (tertiary/aromatic N) is 1. The van der Waals surface area contributed by atoms with Gasteiger partial charge in [-0.25, -0.2) is 9.18 Å². The Morgan fingerprint density at radius 2 is 2.00 bits per heavy atom. The van der Waals surface area contributed by atoms with E-state index >= 15 is 0 Å². The van der Waals surface area contributed by atoms with Gasteiger partial charge in [0.25, 0.3) is 0 Å². The van der Waals surface area contributed by atoms with Gasteiger partial charge in [0, 0.05) is 6.54 Å². The number of likely N-dealkylation sites (tertiary alicyclic amines) is 1. The molecular formula is C13H13FN2O4. The normalized spacial score (nSPS) is 17.9. The molecular weight excluding hydrogens is 267 g/mol. The van der Waals surface area contributed by atoms with E-state index < -0.39 is 29.6 Å². The minimum Gasteiger partial charge on any atom is -0.480 e. The number of anilines is 1. The van der Waals surface area contributed by atoms with E-state index in [1.54, 1.807) is 0 Å². The third-order valence-corrected chi connectivity index (χ3v) is 3.12. The van der Waals surface area contributed by atoms with Gasteiger partial charge in [0.15, 0.2) is 0 Å². The first-order valence-electron chi connectivity index (χ1n) is 6.10. The van der Waals surface area contributed by atoms with E-state index in [0.29, 0.717) is 12.8 Å². The second-order valence-corrected chi connectivity index (χ2v) is 4.43. The van der Waals surface area contributed by atoms with Crippen LogP contribution in [0.5, 0.6) is 0 Å². The summed E-state index contributed by atoms with van der Waals surface area (Å²) >= 11 is 0. The van der Waals surface area contributed by atoms with E-state index in [1.807, 2.05) is 0 Å². The lowest BCUT2D eigenvalue weighted by molar-refractivity contribution is -0.151. The van der Waals surface area contributed by atoms with Crippen LogP contribution in [0.25, 0.3) is 0 Å². The van der Waals surface area contributed by atoms with E-state index in [-0.39, 0.29) is 12.2 Å². The van der Waals surface area contributed by atoms with Crippen molar-refractivity contribution in [2.75, 3.05) is 11.9 Å². The number of rotatable bonds is 2. The quantitative estimate of drug-likeness (QED) is 0.786. The molecule has 1 heterocycles. The highest BCUT2D eigenvalue weighted by Crippen LogP contribution is 2.18. The largest absolute Gasteiger partial charge is 0.480 e. The van der Waals surface area contributed by atoms with Gasteiger partial charge in [0.05, 0.1) is 5.69 Å². The SMILES string of the molecule is O=C(Nc1ccccc1F)C(=O)N1CCCC1C(=O)O. The van der Waals surface area contributed by atoms with Gasteiger partial charge < -0.3 is 15.3 Å². The summed E-state index contributed by atoms with van der Waals surface area (Å²) in [5.41, 5.74) is -0.114. The van der Waals surface area contributed by atoms with Gasteiger partial charge >= 0.3 is 17.8 Å². The van der Waals surface area contributed by atoms with Crippen molar-refractivity contribution in [3.8, 4) is 0 Å². The second-order valence-electron chi connectivity index (χ2n) is 4.43. The molecule has 20 heavy (non-hydrogen) atoms. The summed E-state index contributed by atoms with van der Waals surface area (Å²) in [6.07, 6.45) is 0.837. The van der Waals surface area contributed by atoms with Crippen LogP contribution in [-0.4, -0.2) is 40.4 Å². The Morgan fingerprint density at radius 3 is 2.65 bits per heavy atom. The molecule has 1 aromatic carbocycles. The topological polar surface area (TPSA) is 86.7 Å². The number of carboxylic acids is 1. The molecule has 0 aromatic heterocycles. The zero-order valence-corrected chi connectivity index (χ0v) is 10.5. The molecule has 1 unspecified atom stereocenters. The molecule has 1 aliphatic heterocycles. The summed E-state index contributed by atoms with van der Waals surface area (Å²) < 4.78 is 13.4. The lowest BCUT2D eigenvalue weighted by Gasteiger charge is -2.20. The number of carbonyl (C=O) groups is 3. The fourth-order valence-electron chi connectivity index (χ4n) is 2.14. The van der Waals surface area contributed by atoms with Crippen molar-refractivity contribution in [2.24, 2.45) is 0 Å². The van der Waals surface area contributed by atoms with Gasteiger partial charge in [-0.15, -0.1) is 0 Å². The molecule has 106 valence electrons. The first-order valence-corrected chi connectivity index (χ1v) is 6.10. The molecule has 2 rings (SSSR count). The number of halogens is 1. The molecule has 0 saturated carbocycles. The molecule has 6 nitrogen and oxygen atoms in total. The Bertz CT molecular complexity index is 561.